The molecule has 0 saturated carbocycles. The number of hydrogen-bond donors (Lipinski definition) is 4. The number of benzene rings is 5. The van der Waals surface area contributed by atoms with E-state index >= 15 is 0 Å². The molecule has 4 N–H and O–H groups in total. The first-order valence-electron chi connectivity index (χ1n) is 11.7. The first kappa shape index (κ1) is 22.3. The number of nitrogens with one attached hydrogen (secondary N) is 1. The molecule has 2 heterocycles. The number of hydrogen-bond acceptors (Lipinski definition) is 6. The summed E-state index contributed by atoms with van der Waals surface area (Å²) in [5.41, 5.74) is 3.54. The summed E-state index contributed by atoms with van der Waals surface area (Å²) in [4.78, 5) is 7.29. The topological polar surface area (TPSA) is 137 Å². The van der Waals surface area contributed by atoms with Crippen LogP contribution in [0.1, 0.15) is 0 Å². The number of rotatable bonds is 3. The monoisotopic (exact) mass is 522 g/mol. The van der Waals surface area contributed by atoms with Gasteiger partial charge in [-0.05, 0) is 24.3 Å². The lowest BCUT2D eigenvalue weighted by molar-refractivity contribution is 0.478. The molecule has 0 aliphatic carbocycles. The highest BCUT2D eigenvalue weighted by molar-refractivity contribution is 7.86. The summed E-state index contributed by atoms with van der Waals surface area (Å²) in [6.07, 6.45) is 0. The summed E-state index contributed by atoms with van der Waals surface area (Å²) in [7, 11) is -4.59. The number of nitrogens with zero attached hydrogens (tertiary/aromatic N) is 1. The molecule has 0 spiro atoms. The van der Waals surface area contributed by atoms with Crippen LogP contribution in [0, 0.1) is 0 Å². The molecule has 5 aromatic carbocycles. The molecule has 0 aliphatic heterocycles. The second kappa shape index (κ2) is 7.82. The number of aromatic amines is 1. The summed E-state index contributed by atoms with van der Waals surface area (Å²) in [5, 5.41) is 24.2. The first-order valence-corrected chi connectivity index (χ1v) is 13.1. The standard InChI is InChI=1S/C29H18N2O6S/c32-22-12-5-10-19-24(38(34,35)36)14-21-26(25(19)22)31-29(30-21)20-11-3-7-16(27(20)33)18-9-4-8-17-15-6-1-2-13-23(15)37-28(17)18/h1-14,32-33H,(H,30,31)(H,34,35,36). The van der Waals surface area contributed by atoms with Gasteiger partial charge < -0.3 is 19.6 Å². The molecule has 38 heavy (non-hydrogen) atoms. The van der Waals surface area contributed by atoms with Crippen molar-refractivity contribution in [2.75, 3.05) is 0 Å². The van der Waals surface area contributed by atoms with Crippen LogP contribution < -0.4 is 0 Å². The van der Waals surface area contributed by atoms with E-state index in [1.54, 1.807) is 18.2 Å². The quantitative estimate of drug-likeness (QED) is 0.192. The van der Waals surface area contributed by atoms with Crippen molar-refractivity contribution in [3.63, 3.8) is 0 Å². The largest absolute Gasteiger partial charge is 0.507 e. The van der Waals surface area contributed by atoms with E-state index in [0.29, 0.717) is 27.8 Å². The normalized spacial score (nSPS) is 12.2. The molecular weight excluding hydrogens is 504 g/mol. The van der Waals surface area contributed by atoms with Crippen molar-refractivity contribution in [3.05, 3.63) is 84.9 Å². The molecular formula is C29H18N2O6S. The number of H-pyrrole nitrogens is 1. The number of phenolic OH excluding ortho intramolecular Hbond substituents is 2. The van der Waals surface area contributed by atoms with E-state index < -0.39 is 10.1 Å². The third kappa shape index (κ3) is 3.19. The fraction of sp³-hybridized carbons (Fsp3) is 0. The van der Waals surface area contributed by atoms with Crippen molar-refractivity contribution in [1.82, 2.24) is 9.97 Å². The van der Waals surface area contributed by atoms with Gasteiger partial charge >= 0.3 is 0 Å². The average Bonchev–Trinajstić information content (AvgIpc) is 3.49. The smallest absolute Gasteiger partial charge is 0.295 e. The molecule has 0 unspecified atom stereocenters. The Morgan fingerprint density at radius 2 is 1.45 bits per heavy atom. The number of furan rings is 1. The molecule has 0 amide bonds. The van der Waals surface area contributed by atoms with E-state index in [-0.39, 0.29) is 38.5 Å². The van der Waals surface area contributed by atoms with Crippen molar-refractivity contribution in [3.8, 4) is 34.0 Å². The molecule has 0 radical (unpaired) electrons. The summed E-state index contributed by atoms with van der Waals surface area (Å²) >= 11 is 0. The Bertz CT molecular complexity index is 2190. The third-order valence-corrected chi connectivity index (χ3v) is 7.71. The van der Waals surface area contributed by atoms with Crippen molar-refractivity contribution in [2.45, 2.75) is 4.90 Å². The van der Waals surface area contributed by atoms with Gasteiger partial charge in [-0.25, -0.2) is 4.98 Å². The van der Waals surface area contributed by atoms with Crippen LogP contribution in [0.15, 0.2) is 94.2 Å². The fourth-order valence-corrected chi connectivity index (χ4v) is 5.85. The maximum Gasteiger partial charge on any atom is 0.295 e. The number of para-hydroxylation sites is 3. The van der Waals surface area contributed by atoms with Gasteiger partial charge in [0.05, 0.1) is 16.5 Å². The zero-order valence-corrected chi connectivity index (χ0v) is 20.3. The van der Waals surface area contributed by atoms with E-state index in [4.69, 9.17) is 4.42 Å². The van der Waals surface area contributed by atoms with Crippen molar-refractivity contribution in [2.24, 2.45) is 0 Å². The van der Waals surface area contributed by atoms with Gasteiger partial charge in [0.25, 0.3) is 10.1 Å². The van der Waals surface area contributed by atoms with Crippen LogP contribution >= 0.6 is 0 Å². The van der Waals surface area contributed by atoms with E-state index in [9.17, 15) is 23.2 Å². The molecule has 7 aromatic rings. The second-order valence-electron chi connectivity index (χ2n) is 9.01. The first-order chi connectivity index (χ1) is 18.3. The molecule has 0 atom stereocenters. The molecule has 2 aromatic heterocycles. The molecule has 0 bridgehead atoms. The zero-order chi connectivity index (χ0) is 26.2. The van der Waals surface area contributed by atoms with Crippen LogP contribution in [0.4, 0.5) is 0 Å². The van der Waals surface area contributed by atoms with Gasteiger partial charge in [-0.1, -0.05) is 60.7 Å². The van der Waals surface area contributed by atoms with E-state index in [1.807, 2.05) is 42.5 Å². The molecule has 8 nitrogen and oxygen atoms in total. The Hall–Kier alpha value is -4.86. The maximum absolute atomic E-state index is 12.1. The molecule has 9 heteroatoms. The summed E-state index contributed by atoms with van der Waals surface area (Å²) in [5.74, 6) is 0.0156. The van der Waals surface area contributed by atoms with Gasteiger partial charge in [0, 0.05) is 27.3 Å². The zero-order valence-electron chi connectivity index (χ0n) is 19.5. The Morgan fingerprint density at radius 3 is 2.29 bits per heavy atom. The number of phenols is 2. The van der Waals surface area contributed by atoms with Crippen LogP contribution in [0.5, 0.6) is 11.5 Å². The summed E-state index contributed by atoms with van der Waals surface area (Å²) in [6, 6.07) is 24.3. The van der Waals surface area contributed by atoms with Crippen LogP contribution in [-0.2, 0) is 10.1 Å². The number of aromatic nitrogens is 2. The highest BCUT2D eigenvalue weighted by Crippen LogP contribution is 2.43. The van der Waals surface area contributed by atoms with Crippen LogP contribution in [0.25, 0.3) is 66.3 Å². The minimum Gasteiger partial charge on any atom is -0.507 e. The van der Waals surface area contributed by atoms with Gasteiger partial charge in [-0.15, -0.1) is 0 Å². The SMILES string of the molecule is O=S(=O)(O)c1cc2[nH]c(-c3cccc(-c4cccc5c4oc4ccccc45)c3O)nc2c2c(O)cccc12. The summed E-state index contributed by atoms with van der Waals surface area (Å²) < 4.78 is 40.2. The number of fused-ring (bicyclic) bond motifs is 6. The average molecular weight is 523 g/mol. The predicted octanol–water partition coefficient (Wildman–Crippen LogP) is 6.61. The molecule has 0 fully saturated rings. The lowest BCUT2D eigenvalue weighted by Crippen LogP contribution is -1.99. The third-order valence-electron chi connectivity index (χ3n) is 6.82. The van der Waals surface area contributed by atoms with Gasteiger partial charge in [-0.3, -0.25) is 4.55 Å². The van der Waals surface area contributed by atoms with Gasteiger partial charge in [-0.2, -0.15) is 8.42 Å². The van der Waals surface area contributed by atoms with Crippen LogP contribution in [-0.4, -0.2) is 33.2 Å². The van der Waals surface area contributed by atoms with Crippen molar-refractivity contribution in [1.29, 1.82) is 0 Å². The van der Waals surface area contributed by atoms with Crippen LogP contribution in [0.3, 0.4) is 0 Å². The highest BCUT2D eigenvalue weighted by atomic mass is 32.2. The van der Waals surface area contributed by atoms with E-state index in [0.717, 1.165) is 16.4 Å². The highest BCUT2D eigenvalue weighted by Gasteiger charge is 2.23. The Kier molecular flexibility index (Phi) is 4.60. The van der Waals surface area contributed by atoms with Gasteiger partial charge in [0.1, 0.15) is 38.9 Å². The Morgan fingerprint density at radius 1 is 0.763 bits per heavy atom. The molecule has 0 aliphatic rings. The lowest BCUT2D eigenvalue weighted by atomic mass is 9.99. The number of imidazole rings is 1. The lowest BCUT2D eigenvalue weighted by Gasteiger charge is -2.09. The van der Waals surface area contributed by atoms with Crippen LogP contribution in [0.2, 0.25) is 0 Å². The molecule has 186 valence electrons. The van der Waals surface area contributed by atoms with Gasteiger partial charge in [0.15, 0.2) is 0 Å². The van der Waals surface area contributed by atoms with E-state index in [2.05, 4.69) is 9.97 Å². The van der Waals surface area contributed by atoms with E-state index in [1.165, 1.54) is 24.3 Å². The van der Waals surface area contributed by atoms with Crippen molar-refractivity contribution < 1.29 is 27.6 Å². The fourth-order valence-electron chi connectivity index (χ4n) is 5.14. The predicted molar refractivity (Wildman–Crippen MR) is 145 cm³/mol. The second-order valence-corrected chi connectivity index (χ2v) is 10.4. The number of aromatic hydroxyl groups is 2. The molecule has 0 saturated heterocycles. The summed E-state index contributed by atoms with van der Waals surface area (Å²) in [6.45, 7) is 0. The Balaban J connectivity index is 1.47. The Labute approximate surface area is 215 Å². The van der Waals surface area contributed by atoms with Crippen molar-refractivity contribution >= 4 is 53.9 Å². The van der Waals surface area contributed by atoms with Gasteiger partial charge in [0.2, 0.25) is 0 Å². The maximum atomic E-state index is 12.1. The molecule has 7 rings (SSSR count). The minimum absolute atomic E-state index is 0.0527. The minimum atomic E-state index is -4.59.